The van der Waals surface area contributed by atoms with Gasteiger partial charge >= 0.3 is 5.63 Å². The third-order valence-corrected chi connectivity index (χ3v) is 5.86. The van der Waals surface area contributed by atoms with Crippen molar-refractivity contribution in [3.63, 3.8) is 0 Å². The third-order valence-electron chi connectivity index (χ3n) is 4.77. The van der Waals surface area contributed by atoms with Crippen LogP contribution >= 0.6 is 11.3 Å². The van der Waals surface area contributed by atoms with E-state index in [1.54, 1.807) is 11.3 Å². The number of fused-ring (bicyclic) bond motifs is 2. The van der Waals surface area contributed by atoms with E-state index in [-0.39, 0.29) is 5.63 Å². The standard InChI is InChI=1S/C24H17NO3S/c1-15-6-11-21-19(12-15)17(13-23(26)28-21)14-27-18-9-7-16(8-10-18)24-25-20-4-2-3-5-22(20)29-24/h2-13H,14H2,1H3. The van der Waals surface area contributed by atoms with E-state index in [0.717, 1.165) is 38.4 Å². The second-order valence-corrected chi connectivity index (χ2v) is 7.92. The van der Waals surface area contributed by atoms with Crippen LogP contribution in [0, 0.1) is 6.92 Å². The van der Waals surface area contributed by atoms with Crippen molar-refractivity contribution in [3.8, 4) is 16.3 Å². The first-order chi connectivity index (χ1) is 14.2. The van der Waals surface area contributed by atoms with Gasteiger partial charge in [-0.15, -0.1) is 11.3 Å². The van der Waals surface area contributed by atoms with Crippen LogP contribution in [0.5, 0.6) is 5.75 Å². The molecule has 0 aliphatic rings. The molecule has 0 saturated heterocycles. The molecule has 2 aromatic heterocycles. The minimum absolute atomic E-state index is 0.298. The summed E-state index contributed by atoms with van der Waals surface area (Å²) in [5, 5.41) is 1.88. The van der Waals surface area contributed by atoms with E-state index in [1.807, 2.05) is 67.6 Å². The molecular weight excluding hydrogens is 382 g/mol. The summed E-state index contributed by atoms with van der Waals surface area (Å²) in [5.41, 5.74) is 4.19. The summed E-state index contributed by atoms with van der Waals surface area (Å²) in [6.07, 6.45) is 0. The molecule has 3 aromatic carbocycles. The van der Waals surface area contributed by atoms with E-state index < -0.39 is 0 Å². The third kappa shape index (κ3) is 3.52. The highest BCUT2D eigenvalue weighted by Crippen LogP contribution is 2.31. The van der Waals surface area contributed by atoms with Gasteiger partial charge in [0.2, 0.25) is 0 Å². The van der Waals surface area contributed by atoms with Gasteiger partial charge in [0.15, 0.2) is 0 Å². The molecule has 29 heavy (non-hydrogen) atoms. The van der Waals surface area contributed by atoms with Gasteiger partial charge < -0.3 is 9.15 Å². The Morgan fingerprint density at radius 1 is 1.00 bits per heavy atom. The van der Waals surface area contributed by atoms with Gasteiger partial charge in [0.05, 0.1) is 10.2 Å². The fourth-order valence-corrected chi connectivity index (χ4v) is 4.28. The second-order valence-electron chi connectivity index (χ2n) is 6.89. The number of para-hydroxylation sites is 1. The molecule has 5 aromatic rings. The Labute approximate surface area is 171 Å². The lowest BCUT2D eigenvalue weighted by Gasteiger charge is -2.09. The van der Waals surface area contributed by atoms with Crippen molar-refractivity contribution in [2.24, 2.45) is 0 Å². The van der Waals surface area contributed by atoms with Crippen LogP contribution in [-0.4, -0.2) is 4.98 Å². The lowest BCUT2D eigenvalue weighted by molar-refractivity contribution is 0.306. The summed E-state index contributed by atoms with van der Waals surface area (Å²) in [6.45, 7) is 2.31. The van der Waals surface area contributed by atoms with Gasteiger partial charge in [0, 0.05) is 22.6 Å². The molecule has 0 N–H and O–H groups in total. The van der Waals surface area contributed by atoms with Crippen molar-refractivity contribution >= 4 is 32.5 Å². The first-order valence-corrected chi connectivity index (χ1v) is 10.1. The number of thiazole rings is 1. The second kappa shape index (κ2) is 7.18. The predicted molar refractivity (Wildman–Crippen MR) is 117 cm³/mol. The molecule has 5 heteroatoms. The van der Waals surface area contributed by atoms with Gasteiger partial charge in [-0.3, -0.25) is 0 Å². The van der Waals surface area contributed by atoms with E-state index in [2.05, 4.69) is 6.07 Å². The molecule has 0 amide bonds. The normalized spacial score (nSPS) is 11.2. The van der Waals surface area contributed by atoms with E-state index in [1.165, 1.54) is 10.8 Å². The van der Waals surface area contributed by atoms with Crippen molar-refractivity contribution in [1.29, 1.82) is 0 Å². The number of ether oxygens (including phenoxy) is 1. The number of nitrogens with zero attached hydrogens (tertiary/aromatic N) is 1. The van der Waals surface area contributed by atoms with Crippen molar-refractivity contribution in [2.75, 3.05) is 0 Å². The number of hydrogen-bond donors (Lipinski definition) is 0. The zero-order valence-corrected chi connectivity index (χ0v) is 16.5. The van der Waals surface area contributed by atoms with E-state index >= 15 is 0 Å². The highest BCUT2D eigenvalue weighted by molar-refractivity contribution is 7.21. The Hall–Kier alpha value is -3.44. The Balaban J connectivity index is 1.39. The molecule has 0 spiro atoms. The maximum absolute atomic E-state index is 11.8. The summed E-state index contributed by atoms with van der Waals surface area (Å²) < 4.78 is 12.4. The summed E-state index contributed by atoms with van der Waals surface area (Å²) in [6, 6.07) is 23.3. The molecule has 0 aliphatic carbocycles. The molecule has 5 rings (SSSR count). The number of aromatic nitrogens is 1. The van der Waals surface area contributed by atoms with E-state index in [4.69, 9.17) is 14.1 Å². The summed E-state index contributed by atoms with van der Waals surface area (Å²) in [7, 11) is 0. The molecule has 0 saturated carbocycles. The smallest absolute Gasteiger partial charge is 0.336 e. The predicted octanol–water partition coefficient (Wildman–Crippen LogP) is 5.96. The van der Waals surface area contributed by atoms with Crippen LogP contribution in [-0.2, 0) is 6.61 Å². The largest absolute Gasteiger partial charge is 0.489 e. The maximum Gasteiger partial charge on any atom is 0.336 e. The Kier molecular flexibility index (Phi) is 4.37. The first kappa shape index (κ1) is 17.6. The van der Waals surface area contributed by atoms with Crippen molar-refractivity contribution < 1.29 is 9.15 Å². The molecule has 0 bridgehead atoms. The average molecular weight is 399 g/mol. The Bertz CT molecular complexity index is 1350. The fourth-order valence-electron chi connectivity index (χ4n) is 3.31. The topological polar surface area (TPSA) is 52.3 Å². The molecule has 142 valence electrons. The van der Waals surface area contributed by atoms with Crippen LogP contribution in [0.2, 0.25) is 0 Å². The number of aryl methyl sites for hydroxylation is 1. The van der Waals surface area contributed by atoms with Crippen molar-refractivity contribution in [1.82, 2.24) is 4.98 Å². The number of hydrogen-bond acceptors (Lipinski definition) is 5. The zero-order valence-electron chi connectivity index (χ0n) is 15.7. The maximum atomic E-state index is 11.8. The van der Waals surface area contributed by atoms with Crippen molar-refractivity contribution in [2.45, 2.75) is 13.5 Å². The zero-order chi connectivity index (χ0) is 19.8. The Morgan fingerprint density at radius 2 is 1.83 bits per heavy atom. The SMILES string of the molecule is Cc1ccc2oc(=O)cc(COc3ccc(-c4nc5ccccc5s4)cc3)c2c1. The quantitative estimate of drug-likeness (QED) is 0.350. The summed E-state index contributed by atoms with van der Waals surface area (Å²) in [4.78, 5) is 16.5. The van der Waals surface area contributed by atoms with Crippen molar-refractivity contribution in [3.05, 3.63) is 94.3 Å². The van der Waals surface area contributed by atoms with Crippen LogP contribution in [0.15, 0.2) is 82.0 Å². The van der Waals surface area contributed by atoms with Gasteiger partial charge in [-0.2, -0.15) is 0 Å². The number of benzene rings is 3. The monoisotopic (exact) mass is 399 g/mol. The molecule has 0 fully saturated rings. The highest BCUT2D eigenvalue weighted by Gasteiger charge is 2.09. The lowest BCUT2D eigenvalue weighted by Crippen LogP contribution is -2.04. The molecule has 0 unspecified atom stereocenters. The minimum Gasteiger partial charge on any atom is -0.489 e. The van der Waals surface area contributed by atoms with Gasteiger partial charge in [0.1, 0.15) is 22.9 Å². The Morgan fingerprint density at radius 3 is 2.66 bits per heavy atom. The molecule has 4 nitrogen and oxygen atoms in total. The van der Waals surface area contributed by atoms with Gasteiger partial charge in [-0.1, -0.05) is 23.8 Å². The summed E-state index contributed by atoms with van der Waals surface area (Å²) >= 11 is 1.67. The average Bonchev–Trinajstić information content (AvgIpc) is 3.17. The van der Waals surface area contributed by atoms with Crippen LogP contribution < -0.4 is 10.4 Å². The number of rotatable bonds is 4. The summed E-state index contributed by atoms with van der Waals surface area (Å²) in [5.74, 6) is 0.740. The van der Waals surface area contributed by atoms with Gasteiger partial charge in [-0.05, 0) is 55.5 Å². The van der Waals surface area contributed by atoms with Crippen LogP contribution in [0.1, 0.15) is 11.1 Å². The van der Waals surface area contributed by atoms with E-state index in [0.29, 0.717) is 12.2 Å². The van der Waals surface area contributed by atoms with Crippen LogP contribution in [0.25, 0.3) is 31.8 Å². The van der Waals surface area contributed by atoms with E-state index in [9.17, 15) is 4.79 Å². The lowest BCUT2D eigenvalue weighted by atomic mass is 10.1. The highest BCUT2D eigenvalue weighted by atomic mass is 32.1. The molecule has 2 heterocycles. The van der Waals surface area contributed by atoms with Crippen LogP contribution in [0.3, 0.4) is 0 Å². The molecular formula is C24H17NO3S. The van der Waals surface area contributed by atoms with Crippen LogP contribution in [0.4, 0.5) is 0 Å². The fraction of sp³-hybridized carbons (Fsp3) is 0.0833. The van der Waals surface area contributed by atoms with Gasteiger partial charge in [0.25, 0.3) is 0 Å². The first-order valence-electron chi connectivity index (χ1n) is 9.28. The minimum atomic E-state index is -0.369. The van der Waals surface area contributed by atoms with Gasteiger partial charge in [-0.25, -0.2) is 9.78 Å². The molecule has 0 atom stereocenters. The molecule has 0 radical (unpaired) electrons. The molecule has 0 aliphatic heterocycles.